The first-order valence-corrected chi connectivity index (χ1v) is 5.32. The van der Waals surface area contributed by atoms with E-state index in [1.807, 2.05) is 13.8 Å². The Morgan fingerprint density at radius 2 is 1.94 bits per heavy atom. The minimum Gasteiger partial charge on any atom is -0.508 e. The molecule has 0 saturated heterocycles. The van der Waals surface area contributed by atoms with Gasteiger partial charge in [-0.25, -0.2) is 0 Å². The third-order valence-electron chi connectivity index (χ3n) is 2.42. The van der Waals surface area contributed by atoms with Gasteiger partial charge >= 0.3 is 0 Å². The zero-order valence-corrected chi connectivity index (χ0v) is 9.60. The van der Waals surface area contributed by atoms with Crippen LogP contribution in [0.1, 0.15) is 19.4 Å². The molecule has 0 radical (unpaired) electrons. The average molecular weight is 222 g/mol. The van der Waals surface area contributed by atoms with Crippen molar-refractivity contribution < 1.29 is 9.90 Å². The van der Waals surface area contributed by atoms with E-state index in [-0.39, 0.29) is 17.6 Å². The summed E-state index contributed by atoms with van der Waals surface area (Å²) in [5.41, 5.74) is 6.63. The van der Waals surface area contributed by atoms with Gasteiger partial charge in [0.2, 0.25) is 5.91 Å². The number of carbonyl (C=O) groups is 1. The SMILES string of the molecule is CC(C)[C@@H](N)C(=O)NCc1ccc(O)cc1. The number of phenolic OH excluding ortho intramolecular Hbond substituents is 1. The van der Waals surface area contributed by atoms with Crippen LogP contribution in [0.3, 0.4) is 0 Å². The summed E-state index contributed by atoms with van der Waals surface area (Å²) in [6.45, 7) is 4.25. The van der Waals surface area contributed by atoms with Crippen LogP contribution in [0.15, 0.2) is 24.3 Å². The number of carbonyl (C=O) groups excluding carboxylic acids is 1. The van der Waals surface area contributed by atoms with Gasteiger partial charge in [-0.15, -0.1) is 0 Å². The van der Waals surface area contributed by atoms with E-state index in [1.54, 1.807) is 24.3 Å². The molecule has 4 nitrogen and oxygen atoms in total. The average Bonchev–Trinajstić information content (AvgIpc) is 2.26. The third-order valence-corrected chi connectivity index (χ3v) is 2.42. The van der Waals surface area contributed by atoms with Crippen molar-refractivity contribution >= 4 is 5.91 Å². The van der Waals surface area contributed by atoms with Crippen LogP contribution in [-0.2, 0) is 11.3 Å². The first-order chi connectivity index (χ1) is 7.50. The second-order valence-corrected chi connectivity index (χ2v) is 4.15. The minimum absolute atomic E-state index is 0.125. The zero-order chi connectivity index (χ0) is 12.1. The maximum Gasteiger partial charge on any atom is 0.237 e. The number of phenols is 1. The Kier molecular flexibility index (Phi) is 4.31. The van der Waals surface area contributed by atoms with Gasteiger partial charge in [-0.3, -0.25) is 4.79 Å². The molecule has 0 aliphatic rings. The molecule has 0 aromatic heterocycles. The number of amides is 1. The molecule has 1 rings (SSSR count). The Hall–Kier alpha value is -1.55. The topological polar surface area (TPSA) is 75.4 Å². The standard InChI is InChI=1S/C12H18N2O2/c1-8(2)11(13)12(16)14-7-9-3-5-10(15)6-4-9/h3-6,8,11,15H,7,13H2,1-2H3,(H,14,16)/t11-/m1/s1. The molecule has 1 amide bonds. The van der Waals surface area contributed by atoms with Crippen molar-refractivity contribution in [3.63, 3.8) is 0 Å². The van der Waals surface area contributed by atoms with E-state index in [0.717, 1.165) is 5.56 Å². The molecule has 16 heavy (non-hydrogen) atoms. The summed E-state index contributed by atoms with van der Waals surface area (Å²) in [5.74, 6) is 0.192. The fraction of sp³-hybridized carbons (Fsp3) is 0.417. The van der Waals surface area contributed by atoms with E-state index in [4.69, 9.17) is 10.8 Å². The van der Waals surface area contributed by atoms with Crippen molar-refractivity contribution in [2.75, 3.05) is 0 Å². The molecule has 4 heteroatoms. The van der Waals surface area contributed by atoms with Crippen molar-refractivity contribution in [2.45, 2.75) is 26.4 Å². The highest BCUT2D eigenvalue weighted by Crippen LogP contribution is 2.09. The molecule has 0 heterocycles. The van der Waals surface area contributed by atoms with Gasteiger partial charge in [0.05, 0.1) is 6.04 Å². The lowest BCUT2D eigenvalue weighted by Gasteiger charge is -2.15. The van der Waals surface area contributed by atoms with Crippen LogP contribution in [0.5, 0.6) is 5.75 Å². The van der Waals surface area contributed by atoms with Gasteiger partial charge in [-0.2, -0.15) is 0 Å². The number of nitrogens with one attached hydrogen (secondary N) is 1. The molecule has 1 atom stereocenters. The molecule has 1 aromatic carbocycles. The van der Waals surface area contributed by atoms with E-state index in [1.165, 1.54) is 0 Å². The second kappa shape index (κ2) is 5.51. The zero-order valence-electron chi connectivity index (χ0n) is 9.60. The second-order valence-electron chi connectivity index (χ2n) is 4.15. The van der Waals surface area contributed by atoms with Gasteiger partial charge in [0, 0.05) is 6.54 Å². The predicted molar refractivity (Wildman–Crippen MR) is 62.8 cm³/mol. The molecule has 0 saturated carbocycles. The van der Waals surface area contributed by atoms with E-state index in [0.29, 0.717) is 6.54 Å². The Balaban J connectivity index is 2.46. The first-order valence-electron chi connectivity index (χ1n) is 5.32. The molecule has 4 N–H and O–H groups in total. The maximum atomic E-state index is 11.5. The summed E-state index contributed by atoms with van der Waals surface area (Å²) >= 11 is 0. The van der Waals surface area contributed by atoms with Crippen molar-refractivity contribution in [3.05, 3.63) is 29.8 Å². The molecule has 0 aliphatic carbocycles. The Labute approximate surface area is 95.5 Å². The molecule has 0 spiro atoms. The Morgan fingerprint density at radius 3 is 2.44 bits per heavy atom. The van der Waals surface area contributed by atoms with Crippen molar-refractivity contribution in [3.8, 4) is 5.75 Å². The number of hydrogen-bond donors (Lipinski definition) is 3. The minimum atomic E-state index is -0.475. The van der Waals surface area contributed by atoms with Crippen LogP contribution in [0, 0.1) is 5.92 Å². The summed E-state index contributed by atoms with van der Waals surface area (Å²) in [6, 6.07) is 6.22. The van der Waals surface area contributed by atoms with E-state index < -0.39 is 6.04 Å². The first kappa shape index (κ1) is 12.5. The quantitative estimate of drug-likeness (QED) is 0.711. The van der Waals surface area contributed by atoms with Gasteiger partial charge < -0.3 is 16.2 Å². The van der Waals surface area contributed by atoms with E-state index in [9.17, 15) is 4.79 Å². The molecule has 88 valence electrons. The predicted octanol–water partition coefficient (Wildman–Crippen LogP) is 0.992. The lowest BCUT2D eigenvalue weighted by Crippen LogP contribution is -2.43. The Morgan fingerprint density at radius 1 is 1.38 bits per heavy atom. The number of benzene rings is 1. The smallest absolute Gasteiger partial charge is 0.237 e. The lowest BCUT2D eigenvalue weighted by atomic mass is 10.0. The van der Waals surface area contributed by atoms with Gasteiger partial charge in [-0.05, 0) is 23.6 Å². The van der Waals surface area contributed by atoms with E-state index in [2.05, 4.69) is 5.32 Å². The maximum absolute atomic E-state index is 11.5. The number of aromatic hydroxyl groups is 1. The van der Waals surface area contributed by atoms with Crippen LogP contribution >= 0.6 is 0 Å². The van der Waals surface area contributed by atoms with E-state index >= 15 is 0 Å². The van der Waals surface area contributed by atoms with Crippen LogP contribution in [0.25, 0.3) is 0 Å². The highest BCUT2D eigenvalue weighted by molar-refractivity contribution is 5.81. The largest absolute Gasteiger partial charge is 0.508 e. The summed E-state index contributed by atoms with van der Waals surface area (Å²) in [4.78, 5) is 11.5. The number of hydrogen-bond acceptors (Lipinski definition) is 3. The summed E-state index contributed by atoms with van der Waals surface area (Å²) in [6.07, 6.45) is 0. The van der Waals surface area contributed by atoms with Crippen LogP contribution in [0.2, 0.25) is 0 Å². The molecular weight excluding hydrogens is 204 g/mol. The monoisotopic (exact) mass is 222 g/mol. The van der Waals surface area contributed by atoms with Gasteiger partial charge in [-0.1, -0.05) is 26.0 Å². The molecule has 0 unspecified atom stereocenters. The van der Waals surface area contributed by atoms with Gasteiger partial charge in [0.1, 0.15) is 5.75 Å². The van der Waals surface area contributed by atoms with Crippen LogP contribution < -0.4 is 11.1 Å². The van der Waals surface area contributed by atoms with Crippen molar-refractivity contribution in [2.24, 2.45) is 11.7 Å². The lowest BCUT2D eigenvalue weighted by molar-refractivity contribution is -0.123. The van der Waals surface area contributed by atoms with Crippen LogP contribution in [0.4, 0.5) is 0 Å². The highest BCUT2D eigenvalue weighted by atomic mass is 16.3. The van der Waals surface area contributed by atoms with Gasteiger partial charge in [0.25, 0.3) is 0 Å². The number of rotatable bonds is 4. The summed E-state index contributed by atoms with van der Waals surface area (Å²) in [5, 5.41) is 11.8. The fourth-order valence-electron chi connectivity index (χ4n) is 1.22. The number of nitrogens with two attached hydrogens (primary N) is 1. The van der Waals surface area contributed by atoms with Crippen LogP contribution in [-0.4, -0.2) is 17.1 Å². The fourth-order valence-corrected chi connectivity index (χ4v) is 1.22. The normalized spacial score (nSPS) is 12.5. The molecule has 0 aliphatic heterocycles. The van der Waals surface area contributed by atoms with Crippen molar-refractivity contribution in [1.29, 1.82) is 0 Å². The third kappa shape index (κ3) is 3.55. The highest BCUT2D eigenvalue weighted by Gasteiger charge is 2.16. The molecule has 0 bridgehead atoms. The summed E-state index contributed by atoms with van der Waals surface area (Å²) < 4.78 is 0. The van der Waals surface area contributed by atoms with Gasteiger partial charge in [0.15, 0.2) is 0 Å². The van der Waals surface area contributed by atoms with Crippen molar-refractivity contribution in [1.82, 2.24) is 5.32 Å². The molecule has 0 fully saturated rings. The summed E-state index contributed by atoms with van der Waals surface area (Å²) in [7, 11) is 0. The Bertz CT molecular complexity index is 347. The molecule has 1 aromatic rings. The molecular formula is C12H18N2O2.